The van der Waals surface area contributed by atoms with Gasteiger partial charge in [0.15, 0.2) is 0 Å². The summed E-state index contributed by atoms with van der Waals surface area (Å²) < 4.78 is 26.5. The van der Waals surface area contributed by atoms with Gasteiger partial charge in [-0.25, -0.2) is 13.4 Å². The lowest BCUT2D eigenvalue weighted by atomic mass is 9.83. The molecule has 2 heterocycles. The smallest absolute Gasteiger partial charge is 0.244 e. The Morgan fingerprint density at radius 1 is 1.26 bits per heavy atom. The summed E-state index contributed by atoms with van der Waals surface area (Å²) in [5, 5.41) is 2.88. The van der Waals surface area contributed by atoms with Crippen LogP contribution >= 0.6 is 0 Å². The predicted molar refractivity (Wildman–Crippen MR) is 75.6 cm³/mol. The topological polar surface area (TPSA) is 62.3 Å². The Labute approximate surface area is 115 Å². The second-order valence-electron chi connectivity index (χ2n) is 5.70. The Hall–Kier alpha value is -1.14. The van der Waals surface area contributed by atoms with Crippen LogP contribution in [0.15, 0.2) is 23.2 Å². The molecule has 0 aliphatic carbocycles. The van der Waals surface area contributed by atoms with Gasteiger partial charge in [0, 0.05) is 26.3 Å². The standard InChI is InChI=1S/C13H21N3O2S/c1-13(2)6-8-16(9-7-13)19(17,18)11-4-5-12(14-3)15-10-11/h4-5,10H,6-9H2,1-3H3,(H,14,15). The molecule has 1 aliphatic rings. The van der Waals surface area contributed by atoms with E-state index in [1.165, 1.54) is 6.20 Å². The number of hydrogen-bond acceptors (Lipinski definition) is 4. The van der Waals surface area contributed by atoms with E-state index in [4.69, 9.17) is 0 Å². The molecule has 1 aromatic rings. The van der Waals surface area contributed by atoms with E-state index < -0.39 is 10.0 Å². The van der Waals surface area contributed by atoms with Crippen LogP contribution in [-0.4, -0.2) is 37.8 Å². The van der Waals surface area contributed by atoms with Gasteiger partial charge in [-0.05, 0) is 30.4 Å². The average Bonchev–Trinajstić information content (AvgIpc) is 2.38. The highest BCUT2D eigenvalue weighted by Crippen LogP contribution is 2.32. The quantitative estimate of drug-likeness (QED) is 0.921. The zero-order chi connectivity index (χ0) is 14.1. The summed E-state index contributed by atoms with van der Waals surface area (Å²) in [6.07, 6.45) is 3.21. The molecule has 1 N–H and O–H groups in total. The van der Waals surface area contributed by atoms with E-state index in [1.807, 2.05) is 0 Å². The molecule has 0 unspecified atom stereocenters. The van der Waals surface area contributed by atoms with Crippen molar-refractivity contribution < 1.29 is 8.42 Å². The summed E-state index contributed by atoms with van der Waals surface area (Å²) in [5.41, 5.74) is 0.236. The fraction of sp³-hybridized carbons (Fsp3) is 0.615. The molecule has 2 rings (SSSR count). The number of rotatable bonds is 3. The number of aromatic nitrogens is 1. The third-order valence-electron chi connectivity index (χ3n) is 3.71. The van der Waals surface area contributed by atoms with Crippen LogP contribution in [0.1, 0.15) is 26.7 Å². The van der Waals surface area contributed by atoms with Gasteiger partial charge in [0.25, 0.3) is 0 Å². The average molecular weight is 283 g/mol. The molecule has 1 fully saturated rings. The zero-order valence-corrected chi connectivity index (χ0v) is 12.5. The van der Waals surface area contributed by atoms with Crippen molar-refractivity contribution in [2.45, 2.75) is 31.6 Å². The lowest BCUT2D eigenvalue weighted by Gasteiger charge is -2.36. The highest BCUT2D eigenvalue weighted by Gasteiger charge is 2.32. The van der Waals surface area contributed by atoms with Gasteiger partial charge in [-0.15, -0.1) is 0 Å². The zero-order valence-electron chi connectivity index (χ0n) is 11.7. The second-order valence-corrected chi connectivity index (χ2v) is 7.64. The lowest BCUT2D eigenvalue weighted by Crippen LogP contribution is -2.41. The Balaban J connectivity index is 2.18. The Bertz CT molecular complexity index is 528. The van der Waals surface area contributed by atoms with Crippen molar-refractivity contribution in [3.63, 3.8) is 0 Å². The van der Waals surface area contributed by atoms with Gasteiger partial charge in [0.05, 0.1) is 0 Å². The van der Waals surface area contributed by atoms with E-state index in [-0.39, 0.29) is 10.3 Å². The lowest BCUT2D eigenvalue weighted by molar-refractivity contribution is 0.196. The first kappa shape index (κ1) is 14.3. The number of anilines is 1. The minimum absolute atomic E-state index is 0.236. The van der Waals surface area contributed by atoms with Gasteiger partial charge in [0.1, 0.15) is 10.7 Å². The van der Waals surface area contributed by atoms with Gasteiger partial charge >= 0.3 is 0 Å². The Morgan fingerprint density at radius 2 is 1.89 bits per heavy atom. The Kier molecular flexibility index (Phi) is 3.82. The molecule has 0 amide bonds. The molecule has 0 atom stereocenters. The van der Waals surface area contributed by atoms with E-state index in [0.717, 1.165) is 12.8 Å². The van der Waals surface area contributed by atoms with Crippen molar-refractivity contribution >= 4 is 15.8 Å². The number of nitrogens with one attached hydrogen (secondary N) is 1. The molecule has 19 heavy (non-hydrogen) atoms. The van der Waals surface area contributed by atoms with E-state index in [1.54, 1.807) is 23.5 Å². The molecule has 106 valence electrons. The van der Waals surface area contributed by atoms with Gasteiger partial charge in [-0.1, -0.05) is 13.8 Å². The van der Waals surface area contributed by atoms with Crippen molar-refractivity contribution in [3.05, 3.63) is 18.3 Å². The van der Waals surface area contributed by atoms with Gasteiger partial charge in [-0.3, -0.25) is 0 Å². The van der Waals surface area contributed by atoms with Crippen LogP contribution in [0, 0.1) is 5.41 Å². The molecule has 1 aliphatic heterocycles. The molecular weight excluding hydrogens is 262 g/mol. The van der Waals surface area contributed by atoms with Crippen molar-refractivity contribution in [2.24, 2.45) is 5.41 Å². The third-order valence-corrected chi connectivity index (χ3v) is 5.59. The highest BCUT2D eigenvalue weighted by molar-refractivity contribution is 7.89. The summed E-state index contributed by atoms with van der Waals surface area (Å²) in [5.74, 6) is 0.665. The first-order valence-electron chi connectivity index (χ1n) is 6.49. The van der Waals surface area contributed by atoms with Crippen molar-refractivity contribution in [1.82, 2.24) is 9.29 Å². The normalized spacial score (nSPS) is 20.2. The molecule has 1 aromatic heterocycles. The molecular formula is C13H21N3O2S. The molecule has 5 nitrogen and oxygen atoms in total. The second kappa shape index (κ2) is 5.09. The summed E-state index contributed by atoms with van der Waals surface area (Å²) in [6.45, 7) is 5.53. The fourth-order valence-corrected chi connectivity index (χ4v) is 3.55. The first-order chi connectivity index (χ1) is 8.85. The fourth-order valence-electron chi connectivity index (χ4n) is 2.16. The highest BCUT2D eigenvalue weighted by atomic mass is 32.2. The SMILES string of the molecule is CNc1ccc(S(=O)(=O)N2CCC(C)(C)CC2)cn1. The molecule has 0 saturated carbocycles. The molecule has 0 aromatic carbocycles. The van der Waals surface area contributed by atoms with Crippen molar-refractivity contribution in [2.75, 3.05) is 25.5 Å². The number of piperidine rings is 1. The first-order valence-corrected chi connectivity index (χ1v) is 7.93. The largest absolute Gasteiger partial charge is 0.373 e. The maximum absolute atomic E-state index is 12.5. The number of nitrogens with zero attached hydrogens (tertiary/aromatic N) is 2. The number of hydrogen-bond donors (Lipinski definition) is 1. The Morgan fingerprint density at radius 3 is 2.37 bits per heavy atom. The van der Waals surface area contributed by atoms with E-state index in [0.29, 0.717) is 18.9 Å². The summed E-state index contributed by atoms with van der Waals surface area (Å²) >= 11 is 0. The van der Waals surface area contributed by atoms with Crippen LogP contribution in [0.5, 0.6) is 0 Å². The van der Waals surface area contributed by atoms with Gasteiger partial charge < -0.3 is 5.32 Å². The minimum Gasteiger partial charge on any atom is -0.373 e. The number of sulfonamides is 1. The maximum atomic E-state index is 12.5. The van der Waals surface area contributed by atoms with Gasteiger partial charge in [0.2, 0.25) is 10.0 Å². The summed E-state index contributed by atoms with van der Waals surface area (Å²) in [7, 11) is -1.64. The van der Waals surface area contributed by atoms with E-state index in [9.17, 15) is 8.42 Å². The van der Waals surface area contributed by atoms with Crippen LogP contribution in [-0.2, 0) is 10.0 Å². The molecule has 0 radical (unpaired) electrons. The van der Waals surface area contributed by atoms with Crippen molar-refractivity contribution in [3.8, 4) is 0 Å². The number of pyridine rings is 1. The van der Waals surface area contributed by atoms with Crippen LogP contribution in [0.2, 0.25) is 0 Å². The minimum atomic E-state index is -3.39. The van der Waals surface area contributed by atoms with E-state index >= 15 is 0 Å². The molecule has 6 heteroatoms. The predicted octanol–water partition coefficient (Wildman–Crippen LogP) is 1.93. The molecule has 0 spiro atoms. The molecule has 0 bridgehead atoms. The summed E-state index contributed by atoms with van der Waals surface area (Å²) in [4.78, 5) is 4.34. The monoisotopic (exact) mass is 283 g/mol. The summed E-state index contributed by atoms with van der Waals surface area (Å²) in [6, 6.07) is 3.29. The van der Waals surface area contributed by atoms with Crippen LogP contribution < -0.4 is 5.32 Å². The van der Waals surface area contributed by atoms with Crippen LogP contribution in [0.4, 0.5) is 5.82 Å². The van der Waals surface area contributed by atoms with E-state index in [2.05, 4.69) is 24.1 Å². The molecule has 1 saturated heterocycles. The van der Waals surface area contributed by atoms with Crippen LogP contribution in [0.25, 0.3) is 0 Å². The van der Waals surface area contributed by atoms with Gasteiger partial charge in [-0.2, -0.15) is 4.31 Å². The maximum Gasteiger partial charge on any atom is 0.244 e. The third kappa shape index (κ3) is 3.06. The van der Waals surface area contributed by atoms with Crippen molar-refractivity contribution in [1.29, 1.82) is 0 Å². The van der Waals surface area contributed by atoms with Crippen LogP contribution in [0.3, 0.4) is 0 Å².